The van der Waals surface area contributed by atoms with E-state index in [1.54, 1.807) is 24.4 Å². The first kappa shape index (κ1) is 18.6. The van der Waals surface area contributed by atoms with Crippen molar-refractivity contribution in [2.24, 2.45) is 5.10 Å². The highest BCUT2D eigenvalue weighted by atomic mass is 79.9. The maximum Gasteiger partial charge on any atom is 0.276 e. The second-order valence-electron chi connectivity index (χ2n) is 5.74. The first-order valence-corrected chi connectivity index (χ1v) is 8.89. The highest BCUT2D eigenvalue weighted by molar-refractivity contribution is 9.10. The van der Waals surface area contributed by atoms with E-state index < -0.39 is 11.5 Å². The monoisotopic (exact) mass is 425 g/mol. The second-order valence-corrected chi connectivity index (χ2v) is 6.66. The van der Waals surface area contributed by atoms with Crippen molar-refractivity contribution in [3.8, 4) is 5.75 Å². The fourth-order valence-corrected chi connectivity index (χ4v) is 2.84. The Morgan fingerprint density at radius 1 is 1.15 bits per heavy atom. The summed E-state index contributed by atoms with van der Waals surface area (Å²) in [6.07, 6.45) is 2.94. The Labute approximate surface area is 163 Å². The number of phenols is 1. The molecule has 0 atom stereocenters. The number of carbonyl (C=O) groups is 1. The quantitative estimate of drug-likeness (QED) is 0.486. The lowest BCUT2D eigenvalue weighted by molar-refractivity contribution is 0.0953. The van der Waals surface area contributed by atoms with Crippen LogP contribution < -0.4 is 11.0 Å². The molecular formula is C20H16BrN3O3. The molecule has 1 aromatic heterocycles. The highest BCUT2D eigenvalue weighted by Crippen LogP contribution is 2.19. The number of hydrogen-bond donors (Lipinski definition) is 2. The van der Waals surface area contributed by atoms with E-state index in [9.17, 15) is 14.7 Å². The molecule has 1 heterocycles. The maximum atomic E-state index is 12.6. The zero-order valence-corrected chi connectivity index (χ0v) is 15.8. The summed E-state index contributed by atoms with van der Waals surface area (Å²) in [4.78, 5) is 24.9. The summed E-state index contributed by atoms with van der Waals surface area (Å²) < 4.78 is 2.23. The average Bonchev–Trinajstić information content (AvgIpc) is 2.67. The third-order valence-electron chi connectivity index (χ3n) is 3.82. The van der Waals surface area contributed by atoms with Crippen LogP contribution in [-0.4, -0.2) is 21.8 Å². The number of nitrogens with zero attached hydrogens (tertiary/aromatic N) is 2. The van der Waals surface area contributed by atoms with E-state index in [0.717, 1.165) is 10.0 Å². The summed E-state index contributed by atoms with van der Waals surface area (Å²) in [5.74, 6) is -0.589. The molecule has 0 spiro atoms. The van der Waals surface area contributed by atoms with Crippen LogP contribution in [-0.2, 0) is 6.54 Å². The number of hydrogen-bond acceptors (Lipinski definition) is 4. The van der Waals surface area contributed by atoms with Gasteiger partial charge < -0.3 is 9.67 Å². The summed E-state index contributed by atoms with van der Waals surface area (Å²) in [5.41, 5.74) is 3.29. The third-order valence-corrected chi connectivity index (χ3v) is 4.31. The molecular weight excluding hydrogens is 410 g/mol. The number of hydrazone groups is 1. The Bertz CT molecular complexity index is 1050. The van der Waals surface area contributed by atoms with Crippen LogP contribution in [0, 0.1) is 0 Å². The van der Waals surface area contributed by atoms with E-state index in [1.807, 2.05) is 30.3 Å². The minimum Gasteiger partial charge on any atom is -0.507 e. The maximum absolute atomic E-state index is 12.6. The molecule has 0 bridgehead atoms. The summed E-state index contributed by atoms with van der Waals surface area (Å²) in [6.45, 7) is 0.371. The van der Waals surface area contributed by atoms with Crippen molar-refractivity contribution in [1.29, 1.82) is 0 Å². The van der Waals surface area contributed by atoms with Crippen molar-refractivity contribution in [3.05, 3.63) is 98.4 Å². The van der Waals surface area contributed by atoms with Crippen LogP contribution in [0.15, 0.2) is 81.2 Å². The van der Waals surface area contributed by atoms with Gasteiger partial charge in [-0.15, -0.1) is 0 Å². The summed E-state index contributed by atoms with van der Waals surface area (Å²) in [5, 5.41) is 13.6. The van der Waals surface area contributed by atoms with Crippen LogP contribution in [0.4, 0.5) is 0 Å². The number of nitrogens with one attached hydrogen (secondary N) is 1. The van der Waals surface area contributed by atoms with Crippen molar-refractivity contribution in [2.75, 3.05) is 0 Å². The molecule has 0 radical (unpaired) electrons. The van der Waals surface area contributed by atoms with Crippen molar-refractivity contribution in [2.45, 2.75) is 6.54 Å². The van der Waals surface area contributed by atoms with E-state index in [0.29, 0.717) is 12.1 Å². The Hall–Kier alpha value is -3.19. The van der Waals surface area contributed by atoms with Gasteiger partial charge in [0.2, 0.25) is 0 Å². The van der Waals surface area contributed by atoms with Gasteiger partial charge in [-0.1, -0.05) is 46.3 Å². The number of pyridine rings is 1. The van der Waals surface area contributed by atoms with E-state index in [-0.39, 0.29) is 11.3 Å². The Kier molecular flexibility index (Phi) is 5.83. The zero-order chi connectivity index (χ0) is 19.2. The van der Waals surface area contributed by atoms with E-state index in [2.05, 4.69) is 26.5 Å². The first-order valence-electron chi connectivity index (χ1n) is 8.10. The molecule has 27 heavy (non-hydrogen) atoms. The van der Waals surface area contributed by atoms with Gasteiger partial charge in [-0.3, -0.25) is 9.59 Å². The molecule has 0 aliphatic carbocycles. The number of rotatable bonds is 5. The Morgan fingerprint density at radius 2 is 1.93 bits per heavy atom. The van der Waals surface area contributed by atoms with Gasteiger partial charge in [0, 0.05) is 16.2 Å². The van der Waals surface area contributed by atoms with Gasteiger partial charge in [-0.05, 0) is 35.9 Å². The number of carbonyl (C=O) groups excluding carboxylic acids is 1. The van der Waals surface area contributed by atoms with Crippen molar-refractivity contribution in [3.63, 3.8) is 0 Å². The topological polar surface area (TPSA) is 83.7 Å². The third kappa shape index (κ3) is 4.71. The highest BCUT2D eigenvalue weighted by Gasteiger charge is 2.11. The number of aromatic nitrogens is 1. The van der Waals surface area contributed by atoms with Crippen LogP contribution in [0.25, 0.3) is 0 Å². The fourth-order valence-electron chi connectivity index (χ4n) is 2.46. The predicted molar refractivity (Wildman–Crippen MR) is 107 cm³/mol. The van der Waals surface area contributed by atoms with Crippen LogP contribution in [0.1, 0.15) is 21.5 Å². The molecule has 2 N–H and O–H groups in total. The van der Waals surface area contributed by atoms with Crippen LogP contribution in [0.5, 0.6) is 5.75 Å². The van der Waals surface area contributed by atoms with Crippen molar-refractivity contribution < 1.29 is 9.90 Å². The number of aromatic hydroxyl groups is 1. The number of halogens is 1. The van der Waals surface area contributed by atoms with Crippen LogP contribution in [0.3, 0.4) is 0 Å². The first-order chi connectivity index (χ1) is 13.0. The zero-order valence-electron chi connectivity index (χ0n) is 14.2. The molecule has 0 aliphatic rings. The van der Waals surface area contributed by atoms with Crippen LogP contribution >= 0.6 is 15.9 Å². The standard InChI is InChI=1S/C20H16BrN3O3/c21-16-8-9-18(25)15(11-16)12-22-23-19(26)17-7-4-10-24(20(17)27)13-14-5-2-1-3-6-14/h1-12,25H,13H2,(H,23,26)/b22-12-. The van der Waals surface area contributed by atoms with Gasteiger partial charge >= 0.3 is 0 Å². The molecule has 0 unspecified atom stereocenters. The van der Waals surface area contributed by atoms with Gasteiger partial charge in [0.05, 0.1) is 12.8 Å². The summed E-state index contributed by atoms with van der Waals surface area (Å²) >= 11 is 3.29. The predicted octanol–water partition coefficient (Wildman–Crippen LogP) is 3.13. The summed E-state index contributed by atoms with van der Waals surface area (Å²) in [6, 6.07) is 17.4. The average molecular weight is 426 g/mol. The smallest absolute Gasteiger partial charge is 0.276 e. The number of phenolic OH excluding ortho intramolecular Hbond substituents is 1. The Balaban J connectivity index is 1.75. The van der Waals surface area contributed by atoms with Crippen LogP contribution in [0.2, 0.25) is 0 Å². The van der Waals surface area contributed by atoms with E-state index in [4.69, 9.17) is 0 Å². The number of amides is 1. The molecule has 6 nitrogen and oxygen atoms in total. The molecule has 2 aromatic carbocycles. The van der Waals surface area contributed by atoms with Gasteiger partial charge in [0.25, 0.3) is 11.5 Å². The van der Waals surface area contributed by atoms with Gasteiger partial charge in [0.1, 0.15) is 11.3 Å². The van der Waals surface area contributed by atoms with E-state index in [1.165, 1.54) is 22.9 Å². The minimum absolute atomic E-state index is 0.0101. The molecule has 0 aliphatic heterocycles. The van der Waals surface area contributed by atoms with Gasteiger partial charge in [-0.25, -0.2) is 5.43 Å². The largest absolute Gasteiger partial charge is 0.507 e. The lowest BCUT2D eigenvalue weighted by atomic mass is 10.2. The summed E-state index contributed by atoms with van der Waals surface area (Å²) in [7, 11) is 0. The normalized spacial score (nSPS) is 10.9. The molecule has 7 heteroatoms. The molecule has 1 amide bonds. The molecule has 0 saturated heterocycles. The van der Waals surface area contributed by atoms with Crippen molar-refractivity contribution >= 4 is 28.1 Å². The molecule has 3 rings (SSSR count). The Morgan fingerprint density at radius 3 is 2.70 bits per heavy atom. The van der Waals surface area contributed by atoms with Gasteiger partial charge in [-0.2, -0.15) is 5.10 Å². The minimum atomic E-state index is -0.617. The molecule has 0 saturated carbocycles. The SMILES string of the molecule is O=C(N/N=C\c1cc(Br)ccc1O)c1cccn(Cc2ccccc2)c1=O. The van der Waals surface area contributed by atoms with Gasteiger partial charge in [0.15, 0.2) is 0 Å². The molecule has 3 aromatic rings. The van der Waals surface area contributed by atoms with E-state index >= 15 is 0 Å². The lowest BCUT2D eigenvalue weighted by Gasteiger charge is -2.07. The molecule has 0 fully saturated rings. The van der Waals surface area contributed by atoms with Crippen molar-refractivity contribution in [1.82, 2.24) is 9.99 Å². The second kappa shape index (κ2) is 8.46. The fraction of sp³-hybridized carbons (Fsp3) is 0.0500. The lowest BCUT2D eigenvalue weighted by Crippen LogP contribution is -2.30. The molecule has 136 valence electrons. The number of benzene rings is 2.